The van der Waals surface area contributed by atoms with Crippen molar-refractivity contribution in [3.05, 3.63) is 27.5 Å². The summed E-state index contributed by atoms with van der Waals surface area (Å²) in [5.41, 5.74) is 7.40. The summed E-state index contributed by atoms with van der Waals surface area (Å²) in [4.78, 5) is 13.1. The summed E-state index contributed by atoms with van der Waals surface area (Å²) in [6, 6.07) is 2.12. The molecule has 0 aliphatic carbocycles. The van der Waals surface area contributed by atoms with Gasteiger partial charge in [-0.15, -0.1) is 11.3 Å². The zero-order valence-electron chi connectivity index (χ0n) is 11.4. The van der Waals surface area contributed by atoms with Gasteiger partial charge in [0, 0.05) is 4.88 Å². The van der Waals surface area contributed by atoms with E-state index in [2.05, 4.69) is 28.1 Å². The molecular formula is C13H17N3O2S2. The van der Waals surface area contributed by atoms with Gasteiger partial charge in [-0.25, -0.2) is 4.79 Å². The first-order chi connectivity index (χ1) is 9.67. The molecule has 0 aliphatic rings. The summed E-state index contributed by atoms with van der Waals surface area (Å²) in [6.07, 6.45) is 0.996. The minimum Gasteiger partial charge on any atom is -0.462 e. The van der Waals surface area contributed by atoms with E-state index in [9.17, 15) is 4.79 Å². The molecule has 2 aromatic heterocycles. The maximum Gasteiger partial charge on any atom is 0.344 e. The van der Waals surface area contributed by atoms with Gasteiger partial charge in [-0.1, -0.05) is 6.92 Å². The van der Waals surface area contributed by atoms with Gasteiger partial charge >= 0.3 is 5.97 Å². The molecule has 0 aliphatic heterocycles. The van der Waals surface area contributed by atoms with Crippen LogP contribution in [0.25, 0.3) is 0 Å². The number of aromatic nitrogens is 1. The van der Waals surface area contributed by atoms with Gasteiger partial charge in [0.15, 0.2) is 5.82 Å². The Hall–Kier alpha value is -1.60. The molecule has 2 heterocycles. The van der Waals surface area contributed by atoms with E-state index in [1.54, 1.807) is 18.3 Å². The Morgan fingerprint density at radius 3 is 3.00 bits per heavy atom. The van der Waals surface area contributed by atoms with Crippen molar-refractivity contribution in [1.82, 2.24) is 4.37 Å². The lowest BCUT2D eigenvalue weighted by molar-refractivity contribution is 0.0529. The van der Waals surface area contributed by atoms with Crippen molar-refractivity contribution in [3.8, 4) is 0 Å². The van der Waals surface area contributed by atoms with Crippen LogP contribution in [0.2, 0.25) is 0 Å². The highest BCUT2D eigenvalue weighted by molar-refractivity contribution is 7.11. The second kappa shape index (κ2) is 6.71. The number of carbonyl (C=O) groups excluding carboxylic acids is 1. The molecular weight excluding hydrogens is 294 g/mol. The van der Waals surface area contributed by atoms with Crippen LogP contribution in [-0.4, -0.2) is 16.9 Å². The predicted octanol–water partition coefficient (Wildman–Crippen LogP) is 3.14. The normalized spacial score (nSPS) is 10.5. The molecule has 0 bridgehead atoms. The number of nitrogen functional groups attached to an aromatic ring is 1. The summed E-state index contributed by atoms with van der Waals surface area (Å²) in [6.45, 7) is 4.87. The minimum absolute atomic E-state index is 0.220. The van der Waals surface area contributed by atoms with Crippen molar-refractivity contribution in [3.63, 3.8) is 0 Å². The van der Waals surface area contributed by atoms with Crippen LogP contribution in [0.4, 0.5) is 10.8 Å². The summed E-state index contributed by atoms with van der Waals surface area (Å²) in [5, 5.41) is 5.97. The Morgan fingerprint density at radius 1 is 1.50 bits per heavy atom. The fourth-order valence-corrected chi connectivity index (χ4v) is 3.43. The number of rotatable bonds is 6. The average Bonchev–Trinajstić information content (AvgIpc) is 3.02. The summed E-state index contributed by atoms with van der Waals surface area (Å²) in [7, 11) is 0. The van der Waals surface area contributed by atoms with Crippen molar-refractivity contribution in [2.24, 2.45) is 0 Å². The standard InChI is InChI=1S/C13H17N3O2S2/c1-3-8-5-6-19-9(8)7-15-12-10(11(14)16-20-12)13(17)18-4-2/h5-6,15H,3-4,7H2,1-2H3,(H2,14,16). The summed E-state index contributed by atoms with van der Waals surface area (Å²) < 4.78 is 9.02. The van der Waals surface area contributed by atoms with Crippen LogP contribution in [0.1, 0.15) is 34.6 Å². The van der Waals surface area contributed by atoms with Crippen LogP contribution < -0.4 is 11.1 Å². The van der Waals surface area contributed by atoms with E-state index in [-0.39, 0.29) is 5.82 Å². The third kappa shape index (κ3) is 3.10. The molecule has 0 fully saturated rings. The van der Waals surface area contributed by atoms with E-state index in [0.29, 0.717) is 23.7 Å². The third-order valence-electron chi connectivity index (χ3n) is 2.83. The van der Waals surface area contributed by atoms with Crippen molar-refractivity contribution in [1.29, 1.82) is 0 Å². The monoisotopic (exact) mass is 311 g/mol. The van der Waals surface area contributed by atoms with Gasteiger partial charge in [0.1, 0.15) is 10.6 Å². The summed E-state index contributed by atoms with van der Waals surface area (Å²) in [5.74, 6) is -0.207. The lowest BCUT2D eigenvalue weighted by Gasteiger charge is -2.07. The van der Waals surface area contributed by atoms with Gasteiger partial charge in [-0.05, 0) is 41.9 Å². The minimum atomic E-state index is -0.428. The van der Waals surface area contributed by atoms with Crippen LogP contribution in [-0.2, 0) is 17.7 Å². The van der Waals surface area contributed by atoms with E-state index in [0.717, 1.165) is 6.42 Å². The highest BCUT2D eigenvalue weighted by Gasteiger charge is 2.20. The van der Waals surface area contributed by atoms with Crippen molar-refractivity contribution < 1.29 is 9.53 Å². The topological polar surface area (TPSA) is 77.2 Å². The predicted molar refractivity (Wildman–Crippen MR) is 83.5 cm³/mol. The van der Waals surface area contributed by atoms with Crippen molar-refractivity contribution in [2.45, 2.75) is 26.8 Å². The van der Waals surface area contributed by atoms with Gasteiger partial charge in [0.25, 0.3) is 0 Å². The molecule has 2 rings (SSSR count). The highest BCUT2D eigenvalue weighted by atomic mass is 32.1. The first-order valence-electron chi connectivity index (χ1n) is 6.38. The number of nitrogens with one attached hydrogen (secondary N) is 1. The van der Waals surface area contributed by atoms with E-state index >= 15 is 0 Å². The summed E-state index contributed by atoms with van der Waals surface area (Å²) >= 11 is 2.88. The maximum atomic E-state index is 11.9. The number of carbonyl (C=O) groups is 1. The molecule has 0 amide bonds. The number of esters is 1. The Morgan fingerprint density at radius 2 is 2.30 bits per heavy atom. The van der Waals surface area contributed by atoms with E-state index in [4.69, 9.17) is 10.5 Å². The Labute approximate surface area is 125 Å². The number of nitrogens with two attached hydrogens (primary N) is 1. The number of nitrogens with zero attached hydrogens (tertiary/aromatic N) is 1. The highest BCUT2D eigenvalue weighted by Crippen LogP contribution is 2.29. The fraction of sp³-hybridized carbons (Fsp3) is 0.385. The molecule has 20 heavy (non-hydrogen) atoms. The van der Waals surface area contributed by atoms with Crippen LogP contribution in [0.5, 0.6) is 0 Å². The lowest BCUT2D eigenvalue weighted by Crippen LogP contribution is -2.10. The van der Waals surface area contributed by atoms with Crippen LogP contribution in [0, 0.1) is 0 Å². The molecule has 0 radical (unpaired) electrons. The molecule has 2 aromatic rings. The van der Waals surface area contributed by atoms with Gasteiger partial charge in [-0.2, -0.15) is 4.37 Å². The van der Waals surface area contributed by atoms with E-state index < -0.39 is 5.97 Å². The Kier molecular flexibility index (Phi) is 4.97. The molecule has 0 saturated heterocycles. The third-order valence-corrected chi connectivity index (χ3v) is 4.61. The lowest BCUT2D eigenvalue weighted by atomic mass is 10.2. The number of ether oxygens (including phenoxy) is 1. The number of hydrogen-bond donors (Lipinski definition) is 2. The number of anilines is 2. The quantitative estimate of drug-likeness (QED) is 0.801. The van der Waals surface area contributed by atoms with Gasteiger partial charge in [0.2, 0.25) is 0 Å². The molecule has 0 atom stereocenters. The largest absolute Gasteiger partial charge is 0.462 e. The van der Waals surface area contributed by atoms with Gasteiger partial charge < -0.3 is 15.8 Å². The molecule has 5 nitrogen and oxygen atoms in total. The first-order valence-corrected chi connectivity index (χ1v) is 8.04. The zero-order valence-corrected chi connectivity index (χ0v) is 13.1. The fourth-order valence-electron chi connectivity index (χ4n) is 1.82. The van der Waals surface area contributed by atoms with Gasteiger partial charge in [-0.3, -0.25) is 0 Å². The molecule has 0 unspecified atom stereocenters. The van der Waals surface area contributed by atoms with Crippen LogP contribution in [0.15, 0.2) is 11.4 Å². The number of aryl methyl sites for hydroxylation is 1. The zero-order chi connectivity index (χ0) is 14.5. The molecule has 7 heteroatoms. The molecule has 0 saturated carbocycles. The van der Waals surface area contributed by atoms with E-state index in [1.807, 2.05) is 0 Å². The van der Waals surface area contributed by atoms with Crippen molar-refractivity contribution in [2.75, 3.05) is 17.7 Å². The smallest absolute Gasteiger partial charge is 0.344 e. The van der Waals surface area contributed by atoms with Crippen molar-refractivity contribution >= 4 is 39.7 Å². The molecule has 0 aromatic carbocycles. The first kappa shape index (κ1) is 14.8. The number of hydrogen-bond acceptors (Lipinski definition) is 7. The molecule has 108 valence electrons. The Bertz CT molecular complexity index is 592. The van der Waals surface area contributed by atoms with Crippen LogP contribution in [0.3, 0.4) is 0 Å². The van der Waals surface area contributed by atoms with Gasteiger partial charge in [0.05, 0.1) is 13.2 Å². The second-order valence-electron chi connectivity index (χ2n) is 4.07. The maximum absolute atomic E-state index is 11.9. The molecule has 0 spiro atoms. The number of thiophene rings is 1. The molecule has 3 N–H and O–H groups in total. The average molecular weight is 311 g/mol. The van der Waals surface area contributed by atoms with E-state index in [1.165, 1.54) is 22.0 Å². The van der Waals surface area contributed by atoms with Crippen LogP contribution >= 0.6 is 22.9 Å². The Balaban J connectivity index is 2.12. The SMILES string of the molecule is CCOC(=O)c1c(N)nsc1NCc1sccc1CC. The second-order valence-corrected chi connectivity index (χ2v) is 5.84.